The molecule has 0 radical (unpaired) electrons. The number of likely N-dealkylation sites (N-methyl/N-ethyl adjacent to an activating group) is 1. The number of nitroso groups, excluding NO2 is 1. The number of hydrogen-bond donors (Lipinski definition) is 0. The molecule has 4 heteroatoms. The van der Waals surface area contributed by atoms with Gasteiger partial charge < -0.3 is 4.90 Å². The van der Waals surface area contributed by atoms with E-state index in [0.717, 1.165) is 17.9 Å². The third kappa shape index (κ3) is 1.24. The molecule has 13 heavy (non-hydrogen) atoms. The SMILES string of the molecule is CN1CCN(N=O)c2ccccc21. The number of para-hydroxylation sites is 2. The van der Waals surface area contributed by atoms with Crippen LogP contribution in [0.4, 0.5) is 11.4 Å². The lowest BCUT2D eigenvalue weighted by Crippen LogP contribution is -2.35. The minimum absolute atomic E-state index is 0.664. The van der Waals surface area contributed by atoms with Gasteiger partial charge in [-0.1, -0.05) is 12.1 Å². The molecule has 1 aromatic rings. The largest absolute Gasteiger partial charge is 0.371 e. The van der Waals surface area contributed by atoms with Crippen LogP contribution in [0.3, 0.4) is 0 Å². The first-order chi connectivity index (χ1) is 6.33. The Morgan fingerprint density at radius 3 is 2.62 bits per heavy atom. The molecule has 0 N–H and O–H groups in total. The molecule has 0 amide bonds. The van der Waals surface area contributed by atoms with Crippen LogP contribution in [0.25, 0.3) is 0 Å². The lowest BCUT2D eigenvalue weighted by atomic mass is 10.2. The quantitative estimate of drug-likeness (QED) is 0.611. The van der Waals surface area contributed by atoms with Gasteiger partial charge in [-0.3, -0.25) is 0 Å². The summed E-state index contributed by atoms with van der Waals surface area (Å²) in [5, 5.41) is 4.48. The van der Waals surface area contributed by atoms with E-state index < -0.39 is 0 Å². The van der Waals surface area contributed by atoms with Crippen molar-refractivity contribution < 1.29 is 0 Å². The van der Waals surface area contributed by atoms with E-state index in [1.165, 1.54) is 5.01 Å². The van der Waals surface area contributed by atoms with E-state index >= 15 is 0 Å². The molecule has 0 saturated carbocycles. The summed E-state index contributed by atoms with van der Waals surface area (Å²) >= 11 is 0. The Morgan fingerprint density at radius 2 is 1.92 bits per heavy atom. The molecule has 0 spiro atoms. The van der Waals surface area contributed by atoms with Gasteiger partial charge in [0.25, 0.3) is 0 Å². The highest BCUT2D eigenvalue weighted by molar-refractivity contribution is 5.72. The Kier molecular flexibility index (Phi) is 1.88. The van der Waals surface area contributed by atoms with Crippen molar-refractivity contribution in [2.75, 3.05) is 30.0 Å². The fourth-order valence-corrected chi connectivity index (χ4v) is 1.58. The minimum atomic E-state index is 0.664. The van der Waals surface area contributed by atoms with Crippen LogP contribution >= 0.6 is 0 Å². The Labute approximate surface area is 76.7 Å². The van der Waals surface area contributed by atoms with Gasteiger partial charge in [0.15, 0.2) is 0 Å². The fraction of sp³-hybridized carbons (Fsp3) is 0.333. The van der Waals surface area contributed by atoms with Crippen LogP contribution in [0, 0.1) is 4.91 Å². The molecule has 0 fully saturated rings. The van der Waals surface area contributed by atoms with Crippen LogP contribution in [-0.4, -0.2) is 20.1 Å². The topological polar surface area (TPSA) is 35.9 Å². The molecule has 1 aliphatic rings. The summed E-state index contributed by atoms with van der Waals surface area (Å²) in [6.45, 7) is 1.50. The Balaban J connectivity index is 2.47. The van der Waals surface area contributed by atoms with Crippen molar-refractivity contribution in [1.82, 2.24) is 0 Å². The Hall–Kier alpha value is -1.58. The summed E-state index contributed by atoms with van der Waals surface area (Å²) in [6, 6.07) is 7.78. The number of benzene rings is 1. The molecule has 1 heterocycles. The average Bonchev–Trinajstić information content (AvgIpc) is 2.19. The van der Waals surface area contributed by atoms with Gasteiger partial charge in [-0.2, -0.15) is 0 Å². The monoisotopic (exact) mass is 177 g/mol. The summed E-state index contributed by atoms with van der Waals surface area (Å²) in [6.07, 6.45) is 0. The van der Waals surface area contributed by atoms with Crippen LogP contribution in [-0.2, 0) is 0 Å². The second-order valence-corrected chi connectivity index (χ2v) is 3.12. The number of fused-ring (bicyclic) bond motifs is 1. The van der Waals surface area contributed by atoms with E-state index in [0.29, 0.717) is 6.54 Å². The van der Waals surface area contributed by atoms with Crippen LogP contribution < -0.4 is 9.91 Å². The number of rotatable bonds is 1. The van der Waals surface area contributed by atoms with Gasteiger partial charge in [0.2, 0.25) is 0 Å². The third-order valence-electron chi connectivity index (χ3n) is 2.32. The molecular weight excluding hydrogens is 166 g/mol. The first-order valence-electron chi connectivity index (χ1n) is 4.24. The zero-order chi connectivity index (χ0) is 9.26. The van der Waals surface area contributed by atoms with Gasteiger partial charge in [-0.25, -0.2) is 5.01 Å². The highest BCUT2D eigenvalue weighted by atomic mass is 16.3. The van der Waals surface area contributed by atoms with Gasteiger partial charge in [-0.15, -0.1) is 4.91 Å². The lowest BCUT2D eigenvalue weighted by Gasteiger charge is -2.31. The Bertz CT molecular complexity index is 326. The summed E-state index contributed by atoms with van der Waals surface area (Å²) < 4.78 is 0. The molecule has 2 rings (SSSR count). The normalized spacial score (nSPS) is 15.5. The predicted octanol–water partition coefficient (Wildman–Crippen LogP) is 1.62. The van der Waals surface area contributed by atoms with Crippen molar-refractivity contribution in [2.24, 2.45) is 5.29 Å². The van der Waals surface area contributed by atoms with Crippen molar-refractivity contribution in [3.8, 4) is 0 Å². The zero-order valence-corrected chi connectivity index (χ0v) is 7.47. The molecule has 1 aliphatic heterocycles. The molecule has 0 aromatic heterocycles. The first kappa shape index (κ1) is 8.04. The maximum absolute atomic E-state index is 10.5. The molecular formula is C9H11N3O. The third-order valence-corrected chi connectivity index (χ3v) is 2.32. The van der Waals surface area contributed by atoms with E-state index in [1.54, 1.807) is 0 Å². The van der Waals surface area contributed by atoms with Crippen molar-refractivity contribution in [1.29, 1.82) is 0 Å². The van der Waals surface area contributed by atoms with E-state index in [2.05, 4.69) is 10.2 Å². The van der Waals surface area contributed by atoms with Crippen molar-refractivity contribution >= 4 is 11.4 Å². The van der Waals surface area contributed by atoms with Gasteiger partial charge in [0, 0.05) is 13.6 Å². The van der Waals surface area contributed by atoms with Crippen LogP contribution in [0.5, 0.6) is 0 Å². The van der Waals surface area contributed by atoms with E-state index in [4.69, 9.17) is 0 Å². The number of nitrogens with zero attached hydrogens (tertiary/aromatic N) is 3. The molecule has 0 atom stereocenters. The summed E-state index contributed by atoms with van der Waals surface area (Å²) in [7, 11) is 2.01. The van der Waals surface area contributed by atoms with Crippen molar-refractivity contribution in [2.45, 2.75) is 0 Å². The van der Waals surface area contributed by atoms with Crippen molar-refractivity contribution in [3.05, 3.63) is 29.2 Å². The summed E-state index contributed by atoms with van der Waals surface area (Å²) in [4.78, 5) is 12.6. The Morgan fingerprint density at radius 1 is 1.23 bits per heavy atom. The van der Waals surface area contributed by atoms with Gasteiger partial charge in [-0.05, 0) is 12.1 Å². The van der Waals surface area contributed by atoms with E-state index in [1.807, 2.05) is 31.3 Å². The van der Waals surface area contributed by atoms with E-state index in [9.17, 15) is 4.91 Å². The highest BCUT2D eigenvalue weighted by Gasteiger charge is 2.19. The molecule has 68 valence electrons. The van der Waals surface area contributed by atoms with Crippen LogP contribution in [0.15, 0.2) is 29.6 Å². The first-order valence-corrected chi connectivity index (χ1v) is 4.24. The van der Waals surface area contributed by atoms with Gasteiger partial charge in [0.1, 0.15) is 0 Å². The standard InChI is InChI=1S/C9H11N3O/c1-11-6-7-12(10-13)9-5-3-2-4-8(9)11/h2-5H,6-7H2,1H3. The molecule has 0 aliphatic carbocycles. The second kappa shape index (κ2) is 3.05. The zero-order valence-electron chi connectivity index (χ0n) is 7.47. The van der Waals surface area contributed by atoms with Gasteiger partial charge in [0.05, 0.1) is 23.2 Å². The maximum atomic E-state index is 10.5. The van der Waals surface area contributed by atoms with Crippen molar-refractivity contribution in [3.63, 3.8) is 0 Å². The van der Waals surface area contributed by atoms with Crippen LogP contribution in [0.2, 0.25) is 0 Å². The lowest BCUT2D eigenvalue weighted by molar-refractivity contribution is 0.760. The summed E-state index contributed by atoms with van der Waals surface area (Å²) in [5.74, 6) is 0. The average molecular weight is 177 g/mol. The highest BCUT2D eigenvalue weighted by Crippen LogP contribution is 2.31. The smallest absolute Gasteiger partial charge is 0.0860 e. The van der Waals surface area contributed by atoms with E-state index in [-0.39, 0.29) is 0 Å². The fourth-order valence-electron chi connectivity index (χ4n) is 1.58. The molecule has 4 nitrogen and oxygen atoms in total. The summed E-state index contributed by atoms with van der Waals surface area (Å²) in [5.41, 5.74) is 1.96. The predicted molar refractivity (Wildman–Crippen MR) is 52.9 cm³/mol. The van der Waals surface area contributed by atoms with Gasteiger partial charge >= 0.3 is 0 Å². The maximum Gasteiger partial charge on any atom is 0.0860 e. The second-order valence-electron chi connectivity index (χ2n) is 3.12. The molecule has 0 bridgehead atoms. The number of anilines is 2. The van der Waals surface area contributed by atoms with Crippen LogP contribution in [0.1, 0.15) is 0 Å². The molecule has 0 saturated heterocycles. The number of hydrogen-bond acceptors (Lipinski definition) is 3. The minimum Gasteiger partial charge on any atom is -0.371 e. The molecule has 1 aromatic carbocycles. The molecule has 0 unspecified atom stereocenters.